The first-order valence-electron chi connectivity index (χ1n) is 8.52. The highest BCUT2D eigenvalue weighted by Crippen LogP contribution is 2.24. The van der Waals surface area contributed by atoms with Crippen LogP contribution < -0.4 is 5.48 Å². The van der Waals surface area contributed by atoms with Crippen LogP contribution in [0, 0.1) is 0 Å². The third-order valence-electron chi connectivity index (χ3n) is 4.14. The number of hydroxylamine groups is 1. The van der Waals surface area contributed by atoms with Gasteiger partial charge in [-0.3, -0.25) is 10.0 Å². The first-order chi connectivity index (χ1) is 13.6. The van der Waals surface area contributed by atoms with Crippen molar-refractivity contribution in [2.24, 2.45) is 0 Å². The normalized spacial score (nSPS) is 13.2. The summed E-state index contributed by atoms with van der Waals surface area (Å²) < 4.78 is 50.6. The minimum absolute atomic E-state index is 0.00522. The van der Waals surface area contributed by atoms with E-state index in [9.17, 15) is 21.6 Å². The Bertz CT molecular complexity index is 1040. The first kappa shape index (κ1) is 23.4. The molecule has 0 aliphatic heterocycles. The van der Waals surface area contributed by atoms with Crippen LogP contribution in [0.2, 0.25) is 0 Å². The van der Waals surface area contributed by atoms with E-state index in [0.29, 0.717) is 0 Å². The highest BCUT2D eigenvalue weighted by atomic mass is 32.2. The molecule has 1 unspecified atom stereocenters. The Morgan fingerprint density at radius 1 is 1.03 bits per heavy atom. The maximum atomic E-state index is 13.2. The van der Waals surface area contributed by atoms with Gasteiger partial charge in [0.1, 0.15) is 0 Å². The van der Waals surface area contributed by atoms with Gasteiger partial charge in [0.05, 0.1) is 15.2 Å². The lowest BCUT2D eigenvalue weighted by molar-refractivity contribution is -0.129. The number of amides is 1. The molecule has 2 rings (SSSR count). The van der Waals surface area contributed by atoms with Gasteiger partial charge in [0.15, 0.2) is 9.84 Å². The number of thiol groups is 1. The molecule has 8 nitrogen and oxygen atoms in total. The molecular formula is C18H22N2O6S3. The Labute approximate surface area is 175 Å². The fourth-order valence-corrected chi connectivity index (χ4v) is 5.42. The second kappa shape index (κ2) is 9.72. The minimum atomic E-state index is -4.09. The molecule has 0 aromatic heterocycles. The lowest BCUT2D eigenvalue weighted by Crippen LogP contribution is -2.40. The molecule has 2 N–H and O–H groups in total. The van der Waals surface area contributed by atoms with E-state index in [0.717, 1.165) is 16.1 Å². The van der Waals surface area contributed by atoms with Crippen LogP contribution in [0.15, 0.2) is 64.4 Å². The number of sulfone groups is 1. The van der Waals surface area contributed by atoms with Crippen molar-refractivity contribution in [2.45, 2.75) is 28.0 Å². The zero-order valence-corrected chi connectivity index (χ0v) is 18.1. The monoisotopic (exact) mass is 458 g/mol. The van der Waals surface area contributed by atoms with E-state index in [4.69, 9.17) is 5.21 Å². The van der Waals surface area contributed by atoms with Crippen molar-refractivity contribution in [3.8, 4) is 0 Å². The van der Waals surface area contributed by atoms with E-state index in [1.165, 1.54) is 29.7 Å². The molecule has 1 atom stereocenters. The van der Waals surface area contributed by atoms with Gasteiger partial charge < -0.3 is 0 Å². The number of nitrogens with zero attached hydrogens (tertiary/aromatic N) is 1. The van der Waals surface area contributed by atoms with Gasteiger partial charge in [-0.25, -0.2) is 22.3 Å². The number of sulfonamides is 1. The Kier molecular flexibility index (Phi) is 7.83. The summed E-state index contributed by atoms with van der Waals surface area (Å²) in [7, 11) is -7.56. The number of rotatable bonds is 9. The largest absolute Gasteiger partial charge is 0.289 e. The molecule has 29 heavy (non-hydrogen) atoms. The second-order valence-electron chi connectivity index (χ2n) is 6.31. The van der Waals surface area contributed by atoms with Crippen molar-refractivity contribution in [2.75, 3.05) is 12.8 Å². The molecule has 11 heteroatoms. The van der Waals surface area contributed by atoms with E-state index in [-0.39, 0.29) is 29.2 Å². The number of carbonyl (C=O) groups is 1. The molecule has 0 aliphatic rings. The van der Waals surface area contributed by atoms with Crippen molar-refractivity contribution < 1.29 is 26.8 Å². The van der Waals surface area contributed by atoms with E-state index >= 15 is 0 Å². The van der Waals surface area contributed by atoms with Gasteiger partial charge in [0, 0.05) is 19.2 Å². The van der Waals surface area contributed by atoms with Gasteiger partial charge in [0.2, 0.25) is 15.9 Å². The Morgan fingerprint density at radius 3 is 2.10 bits per heavy atom. The van der Waals surface area contributed by atoms with Crippen LogP contribution in [0.3, 0.4) is 0 Å². The van der Waals surface area contributed by atoms with E-state index in [1.54, 1.807) is 0 Å². The maximum Gasteiger partial charge on any atom is 0.244 e. The number of hydrogen-bond donors (Lipinski definition) is 3. The van der Waals surface area contributed by atoms with Crippen molar-refractivity contribution in [3.05, 3.63) is 60.2 Å². The van der Waals surface area contributed by atoms with Crippen molar-refractivity contribution >= 4 is 38.4 Å². The highest BCUT2D eigenvalue weighted by Gasteiger charge is 2.30. The van der Waals surface area contributed by atoms with Crippen LogP contribution in [-0.4, -0.2) is 50.4 Å². The highest BCUT2D eigenvalue weighted by molar-refractivity contribution is 7.91. The Balaban J connectivity index is 2.35. The molecule has 2 aromatic carbocycles. The predicted octanol–water partition coefficient (Wildman–Crippen LogP) is 1.47. The Morgan fingerprint density at radius 2 is 1.59 bits per heavy atom. The van der Waals surface area contributed by atoms with E-state index in [1.807, 2.05) is 30.3 Å². The summed E-state index contributed by atoms with van der Waals surface area (Å²) in [5.74, 6) is -0.738. The van der Waals surface area contributed by atoms with Gasteiger partial charge in [-0.2, -0.15) is 16.9 Å². The summed E-state index contributed by atoms with van der Waals surface area (Å²) in [4.78, 5) is 11.3. The molecule has 158 valence electrons. The Hall–Kier alpha value is -1.92. The summed E-state index contributed by atoms with van der Waals surface area (Å²) in [6, 6.07) is 14.0. The summed E-state index contributed by atoms with van der Waals surface area (Å²) in [6.45, 7) is -0.219. The topological polar surface area (TPSA) is 121 Å². The smallest absolute Gasteiger partial charge is 0.244 e. The molecule has 0 saturated heterocycles. The van der Waals surface area contributed by atoms with Crippen molar-refractivity contribution in [3.63, 3.8) is 0 Å². The predicted molar refractivity (Wildman–Crippen MR) is 111 cm³/mol. The summed E-state index contributed by atoms with van der Waals surface area (Å²) >= 11 is 4.43. The third-order valence-corrected chi connectivity index (χ3v) is 7.80. The maximum absolute atomic E-state index is 13.2. The third kappa shape index (κ3) is 6.28. The molecule has 0 bridgehead atoms. The summed E-state index contributed by atoms with van der Waals surface area (Å²) in [5.41, 5.74) is 2.33. The van der Waals surface area contributed by atoms with Crippen LogP contribution >= 0.6 is 12.6 Å². The quantitative estimate of drug-likeness (QED) is 0.227. The zero-order chi connectivity index (χ0) is 21.7. The zero-order valence-electron chi connectivity index (χ0n) is 15.6. The average Bonchev–Trinajstić information content (AvgIpc) is 2.68. The number of benzene rings is 2. The van der Waals surface area contributed by atoms with Gasteiger partial charge in [-0.1, -0.05) is 30.3 Å². The van der Waals surface area contributed by atoms with E-state index in [2.05, 4.69) is 12.6 Å². The number of carbonyl (C=O) groups excluding carboxylic acids is 1. The van der Waals surface area contributed by atoms with Crippen molar-refractivity contribution in [1.82, 2.24) is 9.79 Å². The molecule has 0 fully saturated rings. The SMILES string of the molecule is CS(=O)(=O)c1ccc(S(=O)(=O)N(CCC(=O)NO)C(S)Cc2ccccc2)cc1. The van der Waals surface area contributed by atoms with Crippen LogP contribution in [0.1, 0.15) is 12.0 Å². The number of hydrogen-bond acceptors (Lipinski definition) is 7. The van der Waals surface area contributed by atoms with Gasteiger partial charge in [0.25, 0.3) is 0 Å². The van der Waals surface area contributed by atoms with Crippen LogP contribution in [-0.2, 0) is 31.1 Å². The van der Waals surface area contributed by atoms with Gasteiger partial charge in [-0.05, 0) is 36.2 Å². The van der Waals surface area contributed by atoms with Gasteiger partial charge >= 0.3 is 0 Å². The van der Waals surface area contributed by atoms with Gasteiger partial charge in [-0.15, -0.1) is 0 Å². The second-order valence-corrected chi connectivity index (χ2v) is 10.8. The average molecular weight is 459 g/mol. The molecule has 0 aliphatic carbocycles. The molecule has 2 aromatic rings. The minimum Gasteiger partial charge on any atom is -0.289 e. The molecule has 0 radical (unpaired) electrons. The fraction of sp³-hybridized carbons (Fsp3) is 0.278. The van der Waals surface area contributed by atoms with E-state index < -0.39 is 31.1 Å². The standard InChI is InChI=1S/C18H22N2O6S3/c1-28(23,24)15-7-9-16(10-8-15)29(25,26)20(12-11-17(21)19-22)18(27)13-14-5-3-2-4-6-14/h2-10,18,22,27H,11-13H2,1H3,(H,19,21). The fourth-order valence-electron chi connectivity index (χ4n) is 2.62. The number of nitrogens with one attached hydrogen (secondary N) is 1. The molecule has 1 amide bonds. The van der Waals surface area contributed by atoms with Crippen LogP contribution in [0.25, 0.3) is 0 Å². The lowest BCUT2D eigenvalue weighted by atomic mass is 10.1. The molecule has 0 saturated carbocycles. The molecular weight excluding hydrogens is 436 g/mol. The van der Waals surface area contributed by atoms with Crippen LogP contribution in [0.4, 0.5) is 0 Å². The van der Waals surface area contributed by atoms with Crippen LogP contribution in [0.5, 0.6) is 0 Å². The summed E-state index contributed by atoms with van der Waals surface area (Å²) in [6.07, 6.45) is 1.04. The molecule has 0 spiro atoms. The molecule has 0 heterocycles. The van der Waals surface area contributed by atoms with Crippen molar-refractivity contribution in [1.29, 1.82) is 0 Å². The first-order valence-corrected chi connectivity index (χ1v) is 12.4. The lowest BCUT2D eigenvalue weighted by Gasteiger charge is -2.27. The summed E-state index contributed by atoms with van der Waals surface area (Å²) in [5, 5.41) is 7.92.